The highest BCUT2D eigenvalue weighted by atomic mass is 35.5. The maximum Gasteiger partial charge on any atom is 0.355 e. The molecule has 0 unspecified atom stereocenters. The van der Waals surface area contributed by atoms with E-state index in [4.69, 9.17) is 39.5 Å². The number of hydrogen-bond acceptors (Lipinski definition) is 3. The molecule has 1 aromatic carbocycles. The first-order chi connectivity index (χ1) is 10.4. The van der Waals surface area contributed by atoms with Gasteiger partial charge in [0, 0.05) is 13.2 Å². The van der Waals surface area contributed by atoms with Crippen LogP contribution in [0.2, 0.25) is 15.1 Å². The molecule has 0 spiro atoms. The summed E-state index contributed by atoms with van der Waals surface area (Å²) in [6.45, 7) is -0.444. The summed E-state index contributed by atoms with van der Waals surface area (Å²) in [6, 6.07) is 6.13. The fourth-order valence-corrected chi connectivity index (χ4v) is 2.28. The van der Waals surface area contributed by atoms with Gasteiger partial charge in [-0.3, -0.25) is 4.79 Å². The summed E-state index contributed by atoms with van der Waals surface area (Å²) in [5.41, 5.74) is 0.636. The second-order valence-electron chi connectivity index (χ2n) is 4.37. The molecule has 0 aliphatic carbocycles. The number of ether oxygens (including phenoxy) is 1. The topological polar surface area (TPSA) is 60.3 Å². The second kappa shape index (κ2) is 7.05. The zero-order valence-electron chi connectivity index (χ0n) is 11.4. The van der Waals surface area contributed by atoms with Gasteiger partial charge in [-0.2, -0.15) is 0 Å². The molecule has 5 nitrogen and oxygen atoms in total. The van der Waals surface area contributed by atoms with Crippen LogP contribution in [-0.4, -0.2) is 23.1 Å². The number of nitrogens with one attached hydrogen (secondary N) is 1. The molecule has 1 heterocycles. The Kier molecular flexibility index (Phi) is 5.34. The Bertz CT molecular complexity index is 728. The summed E-state index contributed by atoms with van der Waals surface area (Å²) < 4.78 is 6.51. The van der Waals surface area contributed by atoms with Crippen LogP contribution >= 0.6 is 34.8 Å². The average molecular weight is 362 g/mol. The van der Waals surface area contributed by atoms with Crippen molar-refractivity contribution in [2.24, 2.45) is 7.05 Å². The monoisotopic (exact) mass is 360 g/mol. The largest absolute Gasteiger partial charge is 0.451 e. The normalized spacial score (nSPS) is 10.4. The lowest BCUT2D eigenvalue weighted by molar-refractivity contribution is -0.119. The lowest BCUT2D eigenvalue weighted by Gasteiger charge is -2.09. The van der Waals surface area contributed by atoms with E-state index in [2.05, 4.69) is 5.32 Å². The van der Waals surface area contributed by atoms with Gasteiger partial charge in [0.1, 0.15) is 5.69 Å². The summed E-state index contributed by atoms with van der Waals surface area (Å²) >= 11 is 17.6. The van der Waals surface area contributed by atoms with Crippen molar-refractivity contribution in [1.82, 2.24) is 4.57 Å². The summed E-state index contributed by atoms with van der Waals surface area (Å²) in [5, 5.41) is 3.26. The molecule has 0 atom stereocenters. The Morgan fingerprint density at radius 2 is 1.86 bits per heavy atom. The Balaban J connectivity index is 1.95. The van der Waals surface area contributed by atoms with Crippen molar-refractivity contribution in [3.63, 3.8) is 0 Å². The Morgan fingerprint density at radius 3 is 2.50 bits per heavy atom. The maximum atomic E-state index is 11.8. The molecule has 2 rings (SSSR count). The predicted molar refractivity (Wildman–Crippen MR) is 85.8 cm³/mol. The summed E-state index contributed by atoms with van der Waals surface area (Å²) in [7, 11) is 1.70. The molecular formula is C14H11Cl3N2O3. The molecule has 1 amide bonds. The number of halogens is 3. The van der Waals surface area contributed by atoms with Gasteiger partial charge in [-0.25, -0.2) is 4.79 Å². The van der Waals surface area contributed by atoms with E-state index in [0.717, 1.165) is 0 Å². The molecule has 0 radical (unpaired) electrons. The van der Waals surface area contributed by atoms with E-state index < -0.39 is 18.5 Å². The van der Waals surface area contributed by atoms with E-state index in [1.54, 1.807) is 29.9 Å². The van der Waals surface area contributed by atoms with Crippen molar-refractivity contribution in [3.8, 4) is 0 Å². The van der Waals surface area contributed by atoms with Crippen LogP contribution in [0.5, 0.6) is 0 Å². The lowest BCUT2D eigenvalue weighted by atomic mass is 10.3. The van der Waals surface area contributed by atoms with E-state index in [1.807, 2.05) is 0 Å². The molecule has 0 saturated carbocycles. The molecular weight excluding hydrogens is 351 g/mol. The number of carbonyl (C=O) groups is 2. The van der Waals surface area contributed by atoms with E-state index in [-0.39, 0.29) is 20.8 Å². The SMILES string of the molecule is Cn1cccc1C(=O)OCC(=O)Nc1cc(Cl)c(Cl)cc1Cl. The highest BCUT2D eigenvalue weighted by Gasteiger charge is 2.14. The number of esters is 1. The van der Waals surface area contributed by atoms with Crippen molar-refractivity contribution in [2.75, 3.05) is 11.9 Å². The highest BCUT2D eigenvalue weighted by molar-refractivity contribution is 6.44. The fraction of sp³-hybridized carbons (Fsp3) is 0.143. The minimum absolute atomic E-state index is 0.233. The van der Waals surface area contributed by atoms with Crippen LogP contribution in [0.15, 0.2) is 30.5 Å². The first-order valence-electron chi connectivity index (χ1n) is 6.11. The number of rotatable bonds is 4. The van der Waals surface area contributed by atoms with Gasteiger partial charge in [0.05, 0.1) is 20.8 Å². The summed E-state index contributed by atoms with van der Waals surface area (Å²) in [6.07, 6.45) is 1.70. The van der Waals surface area contributed by atoms with Crippen molar-refractivity contribution in [1.29, 1.82) is 0 Å². The van der Waals surface area contributed by atoms with E-state index in [0.29, 0.717) is 5.69 Å². The smallest absolute Gasteiger partial charge is 0.355 e. The fourth-order valence-electron chi connectivity index (χ4n) is 1.68. The molecule has 22 heavy (non-hydrogen) atoms. The lowest BCUT2D eigenvalue weighted by Crippen LogP contribution is -2.22. The molecule has 1 N–H and O–H groups in total. The summed E-state index contributed by atoms with van der Waals surface area (Å²) in [5.74, 6) is -1.13. The van der Waals surface area contributed by atoms with Crippen molar-refractivity contribution in [3.05, 3.63) is 51.2 Å². The van der Waals surface area contributed by atoms with Crippen LogP contribution in [0, 0.1) is 0 Å². The van der Waals surface area contributed by atoms with Gasteiger partial charge < -0.3 is 14.6 Å². The minimum Gasteiger partial charge on any atom is -0.451 e. The molecule has 2 aromatic rings. The van der Waals surface area contributed by atoms with Gasteiger partial charge in [0.15, 0.2) is 6.61 Å². The van der Waals surface area contributed by atoms with E-state index in [9.17, 15) is 9.59 Å². The third kappa shape index (κ3) is 3.94. The highest BCUT2D eigenvalue weighted by Crippen LogP contribution is 2.32. The first kappa shape index (κ1) is 16.7. The third-order valence-corrected chi connectivity index (χ3v) is 3.81. The van der Waals surface area contributed by atoms with Gasteiger partial charge in [0.25, 0.3) is 5.91 Å². The Morgan fingerprint density at radius 1 is 1.18 bits per heavy atom. The van der Waals surface area contributed by atoms with Crippen LogP contribution in [0.4, 0.5) is 5.69 Å². The maximum absolute atomic E-state index is 11.8. The minimum atomic E-state index is -0.595. The molecule has 0 bridgehead atoms. The molecule has 0 fully saturated rings. The molecule has 0 aliphatic rings. The van der Waals surface area contributed by atoms with Gasteiger partial charge in [-0.1, -0.05) is 34.8 Å². The number of benzene rings is 1. The number of anilines is 1. The van der Waals surface area contributed by atoms with Crippen molar-refractivity contribution >= 4 is 52.4 Å². The van der Waals surface area contributed by atoms with Gasteiger partial charge in [-0.15, -0.1) is 0 Å². The molecule has 0 aliphatic heterocycles. The summed E-state index contributed by atoms with van der Waals surface area (Å²) in [4.78, 5) is 23.6. The Hall–Kier alpha value is -1.69. The van der Waals surface area contributed by atoms with Gasteiger partial charge >= 0.3 is 5.97 Å². The number of nitrogens with zero attached hydrogens (tertiary/aromatic N) is 1. The number of aromatic nitrogens is 1. The zero-order chi connectivity index (χ0) is 16.3. The number of aryl methyl sites for hydroxylation is 1. The third-order valence-electron chi connectivity index (χ3n) is 2.77. The van der Waals surface area contributed by atoms with E-state index in [1.165, 1.54) is 12.1 Å². The number of carbonyl (C=O) groups excluding carboxylic acids is 2. The van der Waals surface area contributed by atoms with Gasteiger partial charge in [-0.05, 0) is 24.3 Å². The molecule has 0 saturated heterocycles. The van der Waals surface area contributed by atoms with Gasteiger partial charge in [0.2, 0.25) is 0 Å². The first-order valence-corrected chi connectivity index (χ1v) is 7.24. The number of hydrogen-bond donors (Lipinski definition) is 1. The van der Waals surface area contributed by atoms with Crippen LogP contribution in [0.25, 0.3) is 0 Å². The zero-order valence-corrected chi connectivity index (χ0v) is 13.7. The molecule has 116 valence electrons. The van der Waals surface area contributed by atoms with E-state index >= 15 is 0 Å². The molecule has 1 aromatic heterocycles. The van der Waals surface area contributed by atoms with Crippen molar-refractivity contribution < 1.29 is 14.3 Å². The average Bonchev–Trinajstić information content (AvgIpc) is 2.88. The number of amides is 1. The van der Waals surface area contributed by atoms with Crippen LogP contribution in [0.1, 0.15) is 10.5 Å². The standard InChI is InChI=1S/C14H11Cl3N2O3/c1-19-4-2-3-12(19)14(21)22-7-13(20)18-11-6-9(16)8(15)5-10(11)17/h2-6H,7H2,1H3,(H,18,20). The van der Waals surface area contributed by atoms with Crippen molar-refractivity contribution in [2.45, 2.75) is 0 Å². The Labute approximate surface area is 141 Å². The van der Waals surface area contributed by atoms with Crippen LogP contribution in [-0.2, 0) is 16.6 Å². The quantitative estimate of drug-likeness (QED) is 0.666. The predicted octanol–water partition coefficient (Wildman–Crippen LogP) is 3.78. The molecule has 8 heteroatoms. The van der Waals surface area contributed by atoms with Crippen LogP contribution in [0.3, 0.4) is 0 Å². The van der Waals surface area contributed by atoms with Crippen LogP contribution < -0.4 is 5.32 Å². The second-order valence-corrected chi connectivity index (χ2v) is 5.60.